The Balaban J connectivity index is 1.30. The summed E-state index contributed by atoms with van der Waals surface area (Å²) in [5, 5.41) is 7.53. The standard InChI is InChI=1S/C27H24IN7O2/c28-23-14-5-4-13-22(23)24(36)37-21-12-8-9-19(17-21)18-29-34-26-31-25(30-20-10-2-1-3-11-20)32-27(33-26)35-15-6-7-16-35/h1-5,8-14,17-18H,6-7,15-16H2,(H2,30,31,32,33,34)/b29-18-. The van der Waals surface area contributed by atoms with Gasteiger partial charge in [-0.05, 0) is 77.4 Å². The smallest absolute Gasteiger partial charge is 0.344 e. The molecule has 1 aliphatic rings. The van der Waals surface area contributed by atoms with Crippen LogP contribution in [-0.2, 0) is 0 Å². The minimum atomic E-state index is -0.407. The largest absolute Gasteiger partial charge is 0.423 e. The van der Waals surface area contributed by atoms with Crippen LogP contribution in [0.4, 0.5) is 23.5 Å². The number of para-hydroxylation sites is 1. The van der Waals surface area contributed by atoms with Crippen molar-refractivity contribution in [3.63, 3.8) is 0 Å². The number of halogens is 1. The Hall–Kier alpha value is -4.06. The van der Waals surface area contributed by atoms with Crippen molar-refractivity contribution >= 4 is 58.3 Å². The summed E-state index contributed by atoms with van der Waals surface area (Å²) in [4.78, 5) is 28.3. The Morgan fingerprint density at radius 1 is 0.919 bits per heavy atom. The zero-order valence-corrected chi connectivity index (χ0v) is 22.0. The molecule has 0 unspecified atom stereocenters. The minimum absolute atomic E-state index is 0.327. The molecule has 2 heterocycles. The van der Waals surface area contributed by atoms with Crippen LogP contribution in [-0.4, -0.2) is 40.2 Å². The number of rotatable bonds is 8. The number of hydrazone groups is 1. The summed E-state index contributed by atoms with van der Waals surface area (Å²) < 4.78 is 6.39. The van der Waals surface area contributed by atoms with Crippen LogP contribution >= 0.6 is 22.6 Å². The number of carbonyl (C=O) groups excluding carboxylic acids is 1. The lowest BCUT2D eigenvalue weighted by Gasteiger charge is -2.16. The lowest BCUT2D eigenvalue weighted by Crippen LogP contribution is -2.21. The van der Waals surface area contributed by atoms with E-state index in [1.807, 2.05) is 54.6 Å². The number of esters is 1. The molecule has 5 rings (SSSR count). The van der Waals surface area contributed by atoms with E-state index in [9.17, 15) is 4.79 Å². The molecule has 1 aromatic heterocycles. The van der Waals surface area contributed by atoms with E-state index in [2.05, 4.69) is 58.3 Å². The third-order valence-electron chi connectivity index (χ3n) is 5.58. The first-order valence-electron chi connectivity index (χ1n) is 11.8. The maximum atomic E-state index is 12.5. The van der Waals surface area contributed by atoms with Crippen molar-refractivity contribution in [2.75, 3.05) is 28.7 Å². The highest BCUT2D eigenvalue weighted by Crippen LogP contribution is 2.21. The van der Waals surface area contributed by atoms with Gasteiger partial charge in [-0.1, -0.05) is 42.5 Å². The van der Waals surface area contributed by atoms with E-state index in [0.29, 0.717) is 29.2 Å². The summed E-state index contributed by atoms with van der Waals surface area (Å²) in [6.45, 7) is 1.82. The summed E-state index contributed by atoms with van der Waals surface area (Å²) in [7, 11) is 0. The minimum Gasteiger partial charge on any atom is -0.423 e. The molecule has 0 radical (unpaired) electrons. The van der Waals surface area contributed by atoms with Gasteiger partial charge in [-0.15, -0.1) is 0 Å². The Kier molecular flexibility index (Phi) is 7.84. The molecule has 0 spiro atoms. The number of nitrogens with zero attached hydrogens (tertiary/aromatic N) is 5. The predicted octanol–water partition coefficient (Wildman–Crippen LogP) is 5.49. The number of anilines is 4. The van der Waals surface area contributed by atoms with E-state index in [4.69, 9.17) is 4.74 Å². The van der Waals surface area contributed by atoms with Crippen molar-refractivity contribution in [1.82, 2.24) is 15.0 Å². The molecule has 9 nitrogen and oxygen atoms in total. The van der Waals surface area contributed by atoms with Gasteiger partial charge in [-0.2, -0.15) is 20.1 Å². The fraction of sp³-hybridized carbons (Fsp3) is 0.148. The Morgan fingerprint density at radius 2 is 1.68 bits per heavy atom. The van der Waals surface area contributed by atoms with Crippen LogP contribution in [0.5, 0.6) is 5.75 Å². The van der Waals surface area contributed by atoms with Crippen molar-refractivity contribution in [3.05, 3.63) is 93.6 Å². The molecule has 10 heteroatoms. The van der Waals surface area contributed by atoms with Crippen LogP contribution in [0.1, 0.15) is 28.8 Å². The third kappa shape index (κ3) is 6.58. The molecule has 0 atom stereocenters. The highest BCUT2D eigenvalue weighted by atomic mass is 127. The van der Waals surface area contributed by atoms with E-state index in [1.54, 1.807) is 30.5 Å². The first-order chi connectivity index (χ1) is 18.1. The van der Waals surface area contributed by atoms with Gasteiger partial charge in [0.1, 0.15) is 5.75 Å². The van der Waals surface area contributed by atoms with Gasteiger partial charge in [0.25, 0.3) is 0 Å². The molecule has 3 aromatic carbocycles. The average molecular weight is 605 g/mol. The third-order valence-corrected chi connectivity index (χ3v) is 6.52. The molecule has 2 N–H and O–H groups in total. The van der Waals surface area contributed by atoms with Gasteiger partial charge in [0.2, 0.25) is 17.8 Å². The summed E-state index contributed by atoms with van der Waals surface area (Å²) in [6.07, 6.45) is 3.84. The topological polar surface area (TPSA) is 105 Å². The molecular formula is C27H24IN7O2. The van der Waals surface area contributed by atoms with E-state index in [1.165, 1.54) is 0 Å². The van der Waals surface area contributed by atoms with E-state index < -0.39 is 5.97 Å². The summed E-state index contributed by atoms with van der Waals surface area (Å²) in [6, 6.07) is 24.2. The molecule has 186 valence electrons. The Bertz CT molecular complexity index is 1410. The predicted molar refractivity (Wildman–Crippen MR) is 153 cm³/mol. The van der Waals surface area contributed by atoms with E-state index in [0.717, 1.165) is 40.8 Å². The van der Waals surface area contributed by atoms with E-state index >= 15 is 0 Å². The fourth-order valence-electron chi connectivity index (χ4n) is 3.79. The Labute approximate surface area is 228 Å². The first kappa shape index (κ1) is 24.6. The molecule has 1 fully saturated rings. The number of hydrogen-bond acceptors (Lipinski definition) is 9. The van der Waals surface area contributed by atoms with E-state index in [-0.39, 0.29) is 0 Å². The summed E-state index contributed by atoms with van der Waals surface area (Å²) >= 11 is 2.12. The molecule has 1 aliphatic heterocycles. The Morgan fingerprint density at radius 3 is 2.49 bits per heavy atom. The highest BCUT2D eigenvalue weighted by Gasteiger charge is 2.17. The maximum Gasteiger partial charge on any atom is 0.344 e. The zero-order chi connectivity index (χ0) is 25.5. The average Bonchev–Trinajstić information content (AvgIpc) is 3.45. The normalized spacial score (nSPS) is 13.1. The van der Waals surface area contributed by atoms with Crippen molar-refractivity contribution in [3.8, 4) is 5.75 Å². The van der Waals surface area contributed by atoms with Gasteiger partial charge in [-0.25, -0.2) is 10.2 Å². The fourth-order valence-corrected chi connectivity index (χ4v) is 4.40. The molecule has 0 amide bonds. The van der Waals surface area contributed by atoms with Crippen LogP contribution in [0.25, 0.3) is 0 Å². The number of nitrogens with one attached hydrogen (secondary N) is 2. The molecule has 37 heavy (non-hydrogen) atoms. The maximum absolute atomic E-state index is 12.5. The number of ether oxygens (including phenoxy) is 1. The summed E-state index contributed by atoms with van der Waals surface area (Å²) in [5.41, 5.74) is 5.06. The number of aromatic nitrogens is 3. The lowest BCUT2D eigenvalue weighted by molar-refractivity contribution is 0.0733. The highest BCUT2D eigenvalue weighted by molar-refractivity contribution is 14.1. The van der Waals surface area contributed by atoms with Gasteiger partial charge in [0.15, 0.2) is 0 Å². The summed E-state index contributed by atoms with van der Waals surface area (Å²) in [5.74, 6) is 1.39. The molecule has 4 aromatic rings. The first-order valence-corrected chi connectivity index (χ1v) is 12.9. The van der Waals surface area contributed by atoms with Crippen molar-refractivity contribution in [2.45, 2.75) is 12.8 Å². The van der Waals surface area contributed by atoms with Crippen LogP contribution in [0.15, 0.2) is 84.0 Å². The van der Waals surface area contributed by atoms with Crippen LogP contribution in [0, 0.1) is 3.57 Å². The van der Waals surface area contributed by atoms with Gasteiger partial charge in [0, 0.05) is 22.3 Å². The monoisotopic (exact) mass is 605 g/mol. The van der Waals surface area contributed by atoms with Crippen molar-refractivity contribution < 1.29 is 9.53 Å². The molecule has 0 saturated carbocycles. The van der Waals surface area contributed by atoms with Gasteiger partial charge < -0.3 is 15.0 Å². The second-order valence-corrected chi connectivity index (χ2v) is 9.44. The lowest BCUT2D eigenvalue weighted by atomic mass is 10.2. The van der Waals surface area contributed by atoms with Crippen molar-refractivity contribution in [2.24, 2.45) is 5.10 Å². The van der Waals surface area contributed by atoms with Gasteiger partial charge >= 0.3 is 5.97 Å². The van der Waals surface area contributed by atoms with Crippen molar-refractivity contribution in [1.29, 1.82) is 0 Å². The second kappa shape index (κ2) is 11.8. The second-order valence-electron chi connectivity index (χ2n) is 8.28. The van der Waals surface area contributed by atoms with Gasteiger partial charge in [0.05, 0.1) is 11.8 Å². The molecule has 0 bridgehead atoms. The number of benzene rings is 3. The number of carbonyl (C=O) groups is 1. The zero-order valence-electron chi connectivity index (χ0n) is 19.8. The van der Waals surface area contributed by atoms with Crippen LogP contribution in [0.2, 0.25) is 0 Å². The number of hydrogen-bond donors (Lipinski definition) is 2. The van der Waals surface area contributed by atoms with Crippen LogP contribution in [0.3, 0.4) is 0 Å². The molecule has 0 aliphatic carbocycles. The SMILES string of the molecule is O=C(Oc1cccc(/C=N\Nc2nc(Nc3ccccc3)nc(N3CCCC3)n2)c1)c1ccccc1I. The molecule has 1 saturated heterocycles. The quantitative estimate of drug-likeness (QED) is 0.0895. The van der Waals surface area contributed by atoms with Gasteiger partial charge in [-0.3, -0.25) is 0 Å². The van der Waals surface area contributed by atoms with Crippen LogP contribution < -0.4 is 20.4 Å². The molecular weight excluding hydrogens is 581 g/mol.